The molecule has 0 aliphatic carbocycles. The number of hydrogen-bond donors (Lipinski definition) is 2. The smallest absolute Gasteiger partial charge is 0.256 e. The average molecular weight is 498 g/mol. The zero-order valence-corrected chi connectivity index (χ0v) is 18.8. The van der Waals surface area contributed by atoms with Crippen molar-refractivity contribution in [3.63, 3.8) is 0 Å². The minimum absolute atomic E-state index is 0.0770. The van der Waals surface area contributed by atoms with E-state index in [-0.39, 0.29) is 17.6 Å². The molecule has 30 heavy (non-hydrogen) atoms. The Morgan fingerprint density at radius 2 is 1.70 bits per heavy atom. The van der Waals surface area contributed by atoms with Gasteiger partial charge in [0.15, 0.2) is 4.34 Å². The van der Waals surface area contributed by atoms with E-state index in [0.29, 0.717) is 11.3 Å². The highest BCUT2D eigenvalue weighted by atomic mass is 79.9. The molecule has 0 saturated heterocycles. The number of hydrogen-bond acceptors (Lipinski definition) is 5. The maximum Gasteiger partial charge on any atom is 0.256 e. The summed E-state index contributed by atoms with van der Waals surface area (Å²) in [7, 11) is 0. The zero-order valence-electron chi connectivity index (χ0n) is 15.6. The number of thioether (sulfide) groups is 1. The lowest BCUT2D eigenvalue weighted by atomic mass is 10.2. The third-order valence-corrected chi connectivity index (χ3v) is 6.98. The van der Waals surface area contributed by atoms with Crippen molar-refractivity contribution in [2.24, 2.45) is 0 Å². The summed E-state index contributed by atoms with van der Waals surface area (Å²) in [6, 6.07) is 22.2. The molecule has 0 unspecified atom stereocenters. The van der Waals surface area contributed by atoms with Gasteiger partial charge in [0, 0.05) is 15.8 Å². The fourth-order valence-electron chi connectivity index (χ4n) is 2.73. The summed E-state index contributed by atoms with van der Waals surface area (Å²) in [6.45, 7) is 0. The predicted octanol–water partition coefficient (Wildman–Crippen LogP) is 6.04. The highest BCUT2D eigenvalue weighted by Gasteiger charge is 2.12. The monoisotopic (exact) mass is 497 g/mol. The number of nitrogens with zero attached hydrogens (tertiary/aromatic N) is 1. The summed E-state index contributed by atoms with van der Waals surface area (Å²) in [4.78, 5) is 29.2. The standard InChI is InChI=1S/C22H16BrN3O2S2/c23-17-9-5-4-8-16(17)21(28)25-15-10-11-18-19(12-15)30-22(26-18)29-13-20(27)24-14-6-2-1-3-7-14/h1-12H,13H2,(H,24,27)(H,25,28). The van der Waals surface area contributed by atoms with E-state index in [0.717, 1.165) is 24.7 Å². The van der Waals surface area contributed by atoms with Crippen molar-refractivity contribution in [3.8, 4) is 0 Å². The Morgan fingerprint density at radius 3 is 2.50 bits per heavy atom. The van der Waals surface area contributed by atoms with Crippen molar-refractivity contribution in [1.82, 2.24) is 4.98 Å². The number of fused-ring (bicyclic) bond motifs is 1. The van der Waals surface area contributed by atoms with Crippen LogP contribution in [0, 0.1) is 0 Å². The third-order valence-electron chi connectivity index (χ3n) is 4.13. The van der Waals surface area contributed by atoms with E-state index < -0.39 is 0 Å². The quantitative estimate of drug-likeness (QED) is 0.318. The van der Waals surface area contributed by atoms with E-state index in [9.17, 15) is 9.59 Å². The lowest BCUT2D eigenvalue weighted by Gasteiger charge is -2.06. The zero-order chi connectivity index (χ0) is 20.9. The van der Waals surface area contributed by atoms with Crippen LogP contribution in [-0.2, 0) is 4.79 Å². The first-order valence-electron chi connectivity index (χ1n) is 9.03. The first-order valence-corrected chi connectivity index (χ1v) is 11.6. The number of thiazole rings is 1. The summed E-state index contributed by atoms with van der Waals surface area (Å²) in [5, 5.41) is 5.78. The average Bonchev–Trinajstić information content (AvgIpc) is 3.15. The minimum Gasteiger partial charge on any atom is -0.325 e. The van der Waals surface area contributed by atoms with Crippen molar-refractivity contribution in [3.05, 3.63) is 82.8 Å². The Kier molecular flexibility index (Phi) is 6.47. The van der Waals surface area contributed by atoms with Gasteiger partial charge in [0.1, 0.15) is 0 Å². The Hall–Kier alpha value is -2.68. The van der Waals surface area contributed by atoms with Crippen LogP contribution in [0.5, 0.6) is 0 Å². The Labute approximate surface area is 190 Å². The van der Waals surface area contributed by atoms with Gasteiger partial charge in [0.2, 0.25) is 5.91 Å². The van der Waals surface area contributed by atoms with Gasteiger partial charge in [-0.2, -0.15) is 0 Å². The van der Waals surface area contributed by atoms with Gasteiger partial charge >= 0.3 is 0 Å². The number of aromatic nitrogens is 1. The van der Waals surface area contributed by atoms with Gasteiger partial charge in [0.25, 0.3) is 5.91 Å². The molecule has 0 saturated carbocycles. The maximum absolute atomic E-state index is 12.5. The SMILES string of the molecule is O=C(CSc1nc2ccc(NC(=O)c3ccccc3Br)cc2s1)Nc1ccccc1. The summed E-state index contributed by atoms with van der Waals surface area (Å²) < 4.78 is 2.50. The summed E-state index contributed by atoms with van der Waals surface area (Å²) in [5.74, 6) is 0.0192. The number of carbonyl (C=O) groups excluding carboxylic acids is 2. The van der Waals surface area contributed by atoms with Gasteiger partial charge in [-0.05, 0) is 58.4 Å². The number of halogens is 1. The molecule has 2 amide bonds. The van der Waals surface area contributed by atoms with Crippen LogP contribution in [0.3, 0.4) is 0 Å². The number of amides is 2. The molecular formula is C22H16BrN3O2S2. The molecule has 0 bridgehead atoms. The Bertz CT molecular complexity index is 1210. The topological polar surface area (TPSA) is 71.1 Å². The van der Waals surface area contributed by atoms with Gasteiger partial charge in [0.05, 0.1) is 21.5 Å². The van der Waals surface area contributed by atoms with Crippen LogP contribution in [0.25, 0.3) is 10.2 Å². The summed E-state index contributed by atoms with van der Waals surface area (Å²) in [5.41, 5.74) is 2.88. The molecule has 0 fully saturated rings. The van der Waals surface area contributed by atoms with E-state index in [1.807, 2.05) is 66.7 Å². The molecule has 0 aliphatic heterocycles. The van der Waals surface area contributed by atoms with Crippen LogP contribution in [-0.4, -0.2) is 22.6 Å². The van der Waals surface area contributed by atoms with Crippen molar-refractivity contribution in [2.45, 2.75) is 4.34 Å². The molecule has 1 aromatic heterocycles. The lowest BCUT2D eigenvalue weighted by Crippen LogP contribution is -2.13. The van der Waals surface area contributed by atoms with Crippen LogP contribution in [0.15, 0.2) is 81.6 Å². The van der Waals surface area contributed by atoms with E-state index in [1.54, 1.807) is 6.07 Å². The number of carbonyl (C=O) groups is 2. The van der Waals surface area contributed by atoms with Crippen LogP contribution < -0.4 is 10.6 Å². The summed E-state index contributed by atoms with van der Waals surface area (Å²) >= 11 is 6.29. The normalized spacial score (nSPS) is 10.7. The fourth-order valence-corrected chi connectivity index (χ4v) is 5.11. The third kappa shape index (κ3) is 5.08. The number of para-hydroxylation sites is 1. The number of benzene rings is 3. The molecule has 5 nitrogen and oxygen atoms in total. The largest absolute Gasteiger partial charge is 0.325 e. The minimum atomic E-state index is -0.182. The van der Waals surface area contributed by atoms with Crippen molar-refractivity contribution >= 4 is 72.4 Å². The Balaban J connectivity index is 1.40. The summed E-state index contributed by atoms with van der Waals surface area (Å²) in [6.07, 6.45) is 0. The lowest BCUT2D eigenvalue weighted by molar-refractivity contribution is -0.113. The molecule has 150 valence electrons. The predicted molar refractivity (Wildman–Crippen MR) is 128 cm³/mol. The van der Waals surface area contributed by atoms with Crippen LogP contribution in [0.4, 0.5) is 11.4 Å². The fraction of sp³-hybridized carbons (Fsp3) is 0.0455. The van der Waals surface area contributed by atoms with Gasteiger partial charge < -0.3 is 10.6 Å². The van der Waals surface area contributed by atoms with Crippen LogP contribution in [0.1, 0.15) is 10.4 Å². The number of rotatable bonds is 6. The maximum atomic E-state index is 12.5. The molecule has 0 aliphatic rings. The molecular weight excluding hydrogens is 482 g/mol. The van der Waals surface area contributed by atoms with E-state index in [4.69, 9.17) is 0 Å². The van der Waals surface area contributed by atoms with Crippen molar-refractivity contribution in [2.75, 3.05) is 16.4 Å². The molecule has 2 N–H and O–H groups in total. The second-order valence-electron chi connectivity index (χ2n) is 6.30. The molecule has 0 atom stereocenters. The van der Waals surface area contributed by atoms with Crippen LogP contribution in [0.2, 0.25) is 0 Å². The molecule has 3 aromatic carbocycles. The second-order valence-corrected chi connectivity index (χ2v) is 9.41. The molecule has 1 heterocycles. The van der Waals surface area contributed by atoms with Gasteiger partial charge in [-0.15, -0.1) is 11.3 Å². The Morgan fingerprint density at radius 1 is 0.933 bits per heavy atom. The highest BCUT2D eigenvalue weighted by molar-refractivity contribution is 9.10. The molecule has 8 heteroatoms. The van der Waals surface area contributed by atoms with E-state index in [1.165, 1.54) is 23.1 Å². The number of anilines is 2. The van der Waals surface area contributed by atoms with Gasteiger partial charge in [-0.25, -0.2) is 4.98 Å². The molecule has 0 spiro atoms. The molecule has 0 radical (unpaired) electrons. The van der Waals surface area contributed by atoms with Crippen molar-refractivity contribution < 1.29 is 9.59 Å². The molecule has 4 aromatic rings. The number of nitrogens with one attached hydrogen (secondary N) is 2. The first-order chi connectivity index (χ1) is 14.6. The van der Waals surface area contributed by atoms with E-state index >= 15 is 0 Å². The highest BCUT2D eigenvalue weighted by Crippen LogP contribution is 2.31. The molecule has 4 rings (SSSR count). The van der Waals surface area contributed by atoms with Gasteiger partial charge in [-0.1, -0.05) is 42.1 Å². The first kappa shape index (κ1) is 20.6. The second kappa shape index (κ2) is 9.42. The van der Waals surface area contributed by atoms with Crippen LogP contribution >= 0.6 is 39.0 Å². The van der Waals surface area contributed by atoms with E-state index in [2.05, 4.69) is 31.5 Å². The van der Waals surface area contributed by atoms with Crippen molar-refractivity contribution in [1.29, 1.82) is 0 Å². The van der Waals surface area contributed by atoms with Gasteiger partial charge in [-0.3, -0.25) is 9.59 Å².